The number of hydrogen-bond donors (Lipinski definition) is 1. The maximum atomic E-state index is 12.5. The lowest BCUT2D eigenvalue weighted by molar-refractivity contribution is 0.554. The van der Waals surface area contributed by atoms with Crippen molar-refractivity contribution in [1.29, 1.82) is 0 Å². The summed E-state index contributed by atoms with van der Waals surface area (Å²) in [6.45, 7) is 4.22. The first kappa shape index (κ1) is 13.8. The summed E-state index contributed by atoms with van der Waals surface area (Å²) in [7, 11) is 1.07. The van der Waals surface area contributed by atoms with Crippen LogP contribution >= 0.6 is 0 Å². The molecule has 2 rings (SSSR count). The van der Waals surface area contributed by atoms with E-state index in [9.17, 15) is 4.21 Å². The van der Waals surface area contributed by atoms with Gasteiger partial charge in [0.25, 0.3) is 0 Å². The molecule has 0 heterocycles. The van der Waals surface area contributed by atoms with Gasteiger partial charge in [0.05, 0.1) is 10.8 Å². The molecule has 0 fully saturated rings. The lowest BCUT2D eigenvalue weighted by atomic mass is 10.1. The van der Waals surface area contributed by atoms with Gasteiger partial charge in [-0.15, -0.1) is 0 Å². The second kappa shape index (κ2) is 5.98. The van der Waals surface area contributed by atoms with Crippen molar-refractivity contribution < 1.29 is 4.21 Å². The van der Waals surface area contributed by atoms with Crippen molar-refractivity contribution in [1.82, 2.24) is 5.32 Å². The summed E-state index contributed by atoms with van der Waals surface area (Å²) in [4.78, 5) is 1.01. The van der Waals surface area contributed by atoms with Gasteiger partial charge in [-0.1, -0.05) is 13.0 Å². The Labute approximate surface area is 113 Å². The second-order valence-corrected chi connectivity index (χ2v) is 7.19. The van der Waals surface area contributed by atoms with Gasteiger partial charge in [-0.3, -0.25) is 4.21 Å². The molecule has 0 aliphatic heterocycles. The van der Waals surface area contributed by atoms with E-state index in [1.165, 1.54) is 24.0 Å². The van der Waals surface area contributed by atoms with Crippen molar-refractivity contribution in [3.05, 3.63) is 29.3 Å². The first-order valence-corrected chi connectivity index (χ1v) is 8.02. The molecule has 1 aliphatic rings. The average Bonchev–Trinajstić information content (AvgIpc) is 2.84. The molecular weight excluding hydrogens is 242 g/mol. The summed E-state index contributed by atoms with van der Waals surface area (Å²) in [5.41, 5.74) is 2.86. The zero-order valence-electron chi connectivity index (χ0n) is 11.5. The minimum atomic E-state index is -0.883. The molecule has 3 heteroatoms. The van der Waals surface area contributed by atoms with Gasteiger partial charge < -0.3 is 5.32 Å². The summed E-state index contributed by atoms with van der Waals surface area (Å²) < 4.78 is 12.5. The van der Waals surface area contributed by atoms with Crippen LogP contribution < -0.4 is 5.32 Å². The van der Waals surface area contributed by atoms with Gasteiger partial charge in [-0.25, -0.2) is 0 Å². The molecule has 2 nitrogen and oxygen atoms in total. The van der Waals surface area contributed by atoms with E-state index in [1.54, 1.807) is 0 Å². The molecule has 3 unspecified atom stereocenters. The molecule has 0 aromatic heterocycles. The first-order valence-electron chi connectivity index (χ1n) is 6.81. The van der Waals surface area contributed by atoms with Crippen LogP contribution in [0.3, 0.4) is 0 Å². The Bertz CT molecular complexity index is 444. The molecule has 0 saturated carbocycles. The fourth-order valence-corrected chi connectivity index (χ4v) is 4.00. The van der Waals surface area contributed by atoms with Crippen LogP contribution in [0.5, 0.6) is 0 Å². The number of rotatable bonds is 5. The van der Waals surface area contributed by atoms with Gasteiger partial charge in [0, 0.05) is 16.2 Å². The Kier molecular flexibility index (Phi) is 4.57. The smallest absolute Gasteiger partial charge is 0.0558 e. The zero-order valence-corrected chi connectivity index (χ0v) is 12.3. The van der Waals surface area contributed by atoms with E-state index in [1.807, 2.05) is 7.05 Å². The average molecular weight is 265 g/mol. The lowest BCUT2D eigenvalue weighted by Crippen LogP contribution is -2.27. The van der Waals surface area contributed by atoms with E-state index >= 15 is 0 Å². The molecular formula is C15H23NOS. The van der Waals surface area contributed by atoms with E-state index in [4.69, 9.17) is 0 Å². The maximum Gasteiger partial charge on any atom is 0.0558 e. The van der Waals surface area contributed by atoms with Crippen molar-refractivity contribution in [3.63, 3.8) is 0 Å². The molecule has 1 aliphatic carbocycles. The highest BCUT2D eigenvalue weighted by Gasteiger charge is 2.18. The molecule has 0 spiro atoms. The van der Waals surface area contributed by atoms with Crippen LogP contribution in [-0.4, -0.2) is 22.5 Å². The molecule has 100 valence electrons. The number of fused-ring (bicyclic) bond motifs is 1. The van der Waals surface area contributed by atoms with E-state index in [-0.39, 0.29) is 5.25 Å². The molecule has 1 aromatic rings. The third-order valence-electron chi connectivity index (χ3n) is 3.85. The van der Waals surface area contributed by atoms with Gasteiger partial charge in [0.2, 0.25) is 0 Å². The molecule has 0 radical (unpaired) electrons. The fraction of sp³-hybridized carbons (Fsp3) is 0.600. The highest BCUT2D eigenvalue weighted by Crippen LogP contribution is 2.25. The van der Waals surface area contributed by atoms with Gasteiger partial charge in [-0.2, -0.15) is 0 Å². The monoisotopic (exact) mass is 265 g/mol. The molecule has 0 bridgehead atoms. The van der Waals surface area contributed by atoms with E-state index in [0.29, 0.717) is 6.04 Å². The minimum Gasteiger partial charge on any atom is -0.317 e. The summed E-state index contributed by atoms with van der Waals surface area (Å²) in [5.74, 6) is 0. The van der Waals surface area contributed by atoms with Crippen LogP contribution in [0.4, 0.5) is 0 Å². The Hall–Kier alpha value is -0.670. The molecule has 0 amide bonds. The number of nitrogens with one attached hydrogen (secondary N) is 1. The van der Waals surface area contributed by atoms with E-state index in [0.717, 1.165) is 17.7 Å². The number of aryl methyl sites for hydroxylation is 2. The topological polar surface area (TPSA) is 29.1 Å². The quantitative estimate of drug-likeness (QED) is 0.887. The largest absolute Gasteiger partial charge is 0.317 e. The zero-order chi connectivity index (χ0) is 13.1. The van der Waals surface area contributed by atoms with Crippen LogP contribution in [0.1, 0.15) is 37.8 Å². The molecule has 1 aromatic carbocycles. The normalized spacial score (nSPS) is 19.3. The van der Waals surface area contributed by atoms with Crippen LogP contribution in [0.2, 0.25) is 0 Å². The SMILES string of the molecule is CNC(C)CC(C)S(=O)c1ccc2c(c1)CCC2. The van der Waals surface area contributed by atoms with Gasteiger partial charge in [0.1, 0.15) is 0 Å². The van der Waals surface area contributed by atoms with Crippen LogP contribution in [-0.2, 0) is 23.6 Å². The van der Waals surface area contributed by atoms with E-state index in [2.05, 4.69) is 37.4 Å². The van der Waals surface area contributed by atoms with Gasteiger partial charge in [-0.05, 0) is 62.9 Å². The summed E-state index contributed by atoms with van der Waals surface area (Å²) >= 11 is 0. The van der Waals surface area contributed by atoms with Gasteiger partial charge >= 0.3 is 0 Å². The minimum absolute atomic E-state index is 0.201. The van der Waals surface area contributed by atoms with Crippen molar-refractivity contribution in [2.45, 2.75) is 55.7 Å². The second-order valence-electron chi connectivity index (χ2n) is 5.32. The maximum absolute atomic E-state index is 12.5. The van der Waals surface area contributed by atoms with Crippen molar-refractivity contribution in [2.75, 3.05) is 7.05 Å². The third-order valence-corrected chi connectivity index (χ3v) is 5.49. The predicted molar refractivity (Wildman–Crippen MR) is 77.5 cm³/mol. The number of benzene rings is 1. The number of hydrogen-bond acceptors (Lipinski definition) is 2. The summed E-state index contributed by atoms with van der Waals surface area (Å²) in [5, 5.41) is 3.41. The van der Waals surface area contributed by atoms with Crippen molar-refractivity contribution >= 4 is 10.8 Å². The highest BCUT2D eigenvalue weighted by molar-refractivity contribution is 7.85. The van der Waals surface area contributed by atoms with Crippen molar-refractivity contribution in [3.8, 4) is 0 Å². The summed E-state index contributed by atoms with van der Waals surface area (Å²) in [6, 6.07) is 6.81. The van der Waals surface area contributed by atoms with Crippen molar-refractivity contribution in [2.24, 2.45) is 0 Å². The Morgan fingerprint density at radius 2 is 2.00 bits per heavy atom. The molecule has 3 atom stereocenters. The molecule has 0 saturated heterocycles. The van der Waals surface area contributed by atoms with Crippen LogP contribution in [0.15, 0.2) is 23.1 Å². The predicted octanol–water partition coefficient (Wildman–Crippen LogP) is 2.67. The molecule has 18 heavy (non-hydrogen) atoms. The third kappa shape index (κ3) is 3.01. The van der Waals surface area contributed by atoms with Gasteiger partial charge in [0.15, 0.2) is 0 Å². The summed E-state index contributed by atoms with van der Waals surface area (Å²) in [6.07, 6.45) is 4.54. The Morgan fingerprint density at radius 3 is 2.72 bits per heavy atom. The highest BCUT2D eigenvalue weighted by atomic mass is 32.2. The Balaban J connectivity index is 2.09. The first-order chi connectivity index (χ1) is 8.61. The molecule has 1 N–H and O–H groups in total. The fourth-order valence-electron chi connectivity index (χ4n) is 2.61. The standard InChI is InChI=1S/C15H23NOS/c1-11(16-3)9-12(2)18(17)15-8-7-13-5-4-6-14(13)10-15/h7-8,10-12,16H,4-6,9H2,1-3H3. The Morgan fingerprint density at radius 1 is 1.28 bits per heavy atom. The van der Waals surface area contributed by atoms with E-state index < -0.39 is 10.8 Å². The lowest BCUT2D eigenvalue weighted by Gasteiger charge is -2.16. The van der Waals surface area contributed by atoms with Crippen LogP contribution in [0, 0.1) is 0 Å². The van der Waals surface area contributed by atoms with Crippen LogP contribution in [0.25, 0.3) is 0 Å².